The van der Waals surface area contributed by atoms with Crippen molar-refractivity contribution in [1.82, 2.24) is 10.3 Å². The highest BCUT2D eigenvalue weighted by Gasteiger charge is 2.07. The third-order valence-electron chi connectivity index (χ3n) is 2.50. The predicted molar refractivity (Wildman–Crippen MR) is 85.1 cm³/mol. The highest BCUT2D eigenvalue weighted by Crippen LogP contribution is 2.22. The van der Waals surface area contributed by atoms with Crippen molar-refractivity contribution in [3.05, 3.63) is 44.9 Å². The molecule has 1 aromatic carbocycles. The summed E-state index contributed by atoms with van der Waals surface area (Å²) in [5, 5.41) is 8.68. The van der Waals surface area contributed by atoms with Gasteiger partial charge >= 0.3 is 6.03 Å². The van der Waals surface area contributed by atoms with Crippen molar-refractivity contribution in [3.63, 3.8) is 0 Å². The van der Waals surface area contributed by atoms with Crippen molar-refractivity contribution in [2.45, 2.75) is 13.2 Å². The number of carbonyl (C=O) groups is 1. The third-order valence-corrected chi connectivity index (χ3v) is 4.05. The number of thiazole rings is 1. The highest BCUT2D eigenvalue weighted by atomic mass is 35.5. The van der Waals surface area contributed by atoms with E-state index < -0.39 is 0 Å². The number of methoxy groups -OCH3 is 1. The number of hydrogen-bond acceptors (Lipinski definition) is 4. The normalized spacial score (nSPS) is 10.4. The molecular formula is C13H13Cl2N3O2S. The van der Waals surface area contributed by atoms with Crippen molar-refractivity contribution < 1.29 is 9.53 Å². The second-order valence-electron chi connectivity index (χ2n) is 4.13. The van der Waals surface area contributed by atoms with Gasteiger partial charge in [0.2, 0.25) is 0 Å². The molecule has 0 atom stereocenters. The van der Waals surface area contributed by atoms with Crippen LogP contribution in [0.3, 0.4) is 0 Å². The number of carbonyl (C=O) groups excluding carboxylic acids is 1. The molecule has 0 radical (unpaired) electrons. The molecule has 112 valence electrons. The number of urea groups is 1. The van der Waals surface area contributed by atoms with Crippen LogP contribution in [0.25, 0.3) is 0 Å². The van der Waals surface area contributed by atoms with Crippen LogP contribution in [-0.2, 0) is 17.9 Å². The maximum absolute atomic E-state index is 11.8. The molecule has 0 saturated heterocycles. The van der Waals surface area contributed by atoms with E-state index in [2.05, 4.69) is 15.6 Å². The third kappa shape index (κ3) is 4.86. The van der Waals surface area contributed by atoms with Gasteiger partial charge in [-0.2, -0.15) is 0 Å². The quantitative estimate of drug-likeness (QED) is 0.863. The number of benzene rings is 1. The molecule has 2 amide bonds. The molecule has 1 heterocycles. The molecule has 2 rings (SSSR count). The minimum absolute atomic E-state index is 0.334. The number of amides is 2. The Morgan fingerprint density at radius 3 is 2.90 bits per heavy atom. The standard InChI is InChI=1S/C13H13Cl2N3O2S/c1-20-6-9-7-21-13(17-9)18-12(19)16-5-8-2-3-10(14)11(15)4-8/h2-4,7H,5-6H2,1H3,(H2,16,17,18,19). The van der Waals surface area contributed by atoms with Gasteiger partial charge in [0.05, 0.1) is 22.3 Å². The van der Waals surface area contributed by atoms with Gasteiger partial charge in [0.15, 0.2) is 5.13 Å². The Balaban J connectivity index is 1.85. The van der Waals surface area contributed by atoms with Gasteiger partial charge in [0.1, 0.15) is 0 Å². The van der Waals surface area contributed by atoms with E-state index in [1.807, 2.05) is 5.38 Å². The topological polar surface area (TPSA) is 63.2 Å². The van der Waals surface area contributed by atoms with Gasteiger partial charge in [-0.25, -0.2) is 9.78 Å². The van der Waals surface area contributed by atoms with Crippen LogP contribution in [-0.4, -0.2) is 18.1 Å². The molecule has 1 aromatic heterocycles. The van der Waals surface area contributed by atoms with E-state index in [4.69, 9.17) is 27.9 Å². The van der Waals surface area contributed by atoms with Crippen LogP contribution in [0.1, 0.15) is 11.3 Å². The second kappa shape index (κ2) is 7.61. The number of nitrogens with zero attached hydrogens (tertiary/aromatic N) is 1. The average Bonchev–Trinajstić information content (AvgIpc) is 2.88. The smallest absolute Gasteiger partial charge is 0.321 e. The molecule has 2 aromatic rings. The number of ether oxygens (including phenoxy) is 1. The number of rotatable bonds is 5. The Bertz CT molecular complexity index is 634. The lowest BCUT2D eigenvalue weighted by Crippen LogP contribution is -2.28. The van der Waals surface area contributed by atoms with Crippen LogP contribution >= 0.6 is 34.5 Å². The molecular weight excluding hydrogens is 333 g/mol. The fourth-order valence-electron chi connectivity index (χ4n) is 1.55. The Kier molecular flexibility index (Phi) is 5.81. The predicted octanol–water partition coefficient (Wildman–Crippen LogP) is 3.92. The summed E-state index contributed by atoms with van der Waals surface area (Å²) in [6.45, 7) is 0.766. The van der Waals surface area contributed by atoms with Crippen molar-refractivity contribution in [1.29, 1.82) is 0 Å². The highest BCUT2D eigenvalue weighted by molar-refractivity contribution is 7.13. The first-order valence-electron chi connectivity index (χ1n) is 6.00. The van der Waals surface area contributed by atoms with Crippen molar-refractivity contribution in [2.75, 3.05) is 12.4 Å². The SMILES string of the molecule is COCc1csc(NC(=O)NCc2ccc(Cl)c(Cl)c2)n1. The maximum atomic E-state index is 11.8. The van der Waals surface area contributed by atoms with Gasteiger partial charge in [-0.3, -0.25) is 5.32 Å². The first-order chi connectivity index (χ1) is 10.1. The van der Waals surface area contributed by atoms with E-state index in [0.29, 0.717) is 28.3 Å². The summed E-state index contributed by atoms with van der Waals surface area (Å²) in [6.07, 6.45) is 0. The number of anilines is 1. The Labute approximate surface area is 136 Å². The lowest BCUT2D eigenvalue weighted by Gasteiger charge is -2.06. The number of nitrogens with one attached hydrogen (secondary N) is 2. The van der Waals surface area contributed by atoms with E-state index >= 15 is 0 Å². The van der Waals surface area contributed by atoms with Crippen LogP contribution in [0.15, 0.2) is 23.6 Å². The van der Waals surface area contributed by atoms with Gasteiger partial charge in [0, 0.05) is 19.0 Å². The zero-order chi connectivity index (χ0) is 15.2. The van der Waals surface area contributed by atoms with Crippen LogP contribution in [0.4, 0.5) is 9.93 Å². The molecule has 21 heavy (non-hydrogen) atoms. The Hall–Kier alpha value is -1.34. The summed E-state index contributed by atoms with van der Waals surface area (Å²) in [7, 11) is 1.59. The minimum atomic E-state index is -0.334. The molecule has 0 aliphatic heterocycles. The molecule has 0 bridgehead atoms. The number of halogens is 2. The summed E-state index contributed by atoms with van der Waals surface area (Å²) in [5.74, 6) is 0. The Morgan fingerprint density at radius 1 is 1.38 bits per heavy atom. The van der Waals surface area contributed by atoms with E-state index in [1.165, 1.54) is 11.3 Å². The fraction of sp³-hybridized carbons (Fsp3) is 0.231. The summed E-state index contributed by atoms with van der Waals surface area (Å²) in [5.41, 5.74) is 1.64. The van der Waals surface area contributed by atoms with Crippen molar-refractivity contribution in [3.8, 4) is 0 Å². The zero-order valence-electron chi connectivity index (χ0n) is 11.2. The van der Waals surface area contributed by atoms with Crippen molar-refractivity contribution >= 4 is 45.7 Å². The molecule has 0 unspecified atom stereocenters. The van der Waals surface area contributed by atoms with Crippen LogP contribution in [0.2, 0.25) is 10.0 Å². The number of aromatic nitrogens is 1. The Morgan fingerprint density at radius 2 is 2.19 bits per heavy atom. The number of hydrogen-bond donors (Lipinski definition) is 2. The van der Waals surface area contributed by atoms with E-state index in [1.54, 1.807) is 25.3 Å². The molecule has 0 aliphatic carbocycles. The molecule has 2 N–H and O–H groups in total. The maximum Gasteiger partial charge on any atom is 0.321 e. The second-order valence-corrected chi connectivity index (χ2v) is 5.81. The van der Waals surface area contributed by atoms with Gasteiger partial charge in [0.25, 0.3) is 0 Å². The first kappa shape index (κ1) is 16.0. The molecule has 0 saturated carbocycles. The first-order valence-corrected chi connectivity index (χ1v) is 7.64. The summed E-state index contributed by atoms with van der Waals surface area (Å²) >= 11 is 13.1. The van der Waals surface area contributed by atoms with Gasteiger partial charge in [-0.1, -0.05) is 29.3 Å². The van der Waals surface area contributed by atoms with Crippen molar-refractivity contribution in [2.24, 2.45) is 0 Å². The lowest BCUT2D eigenvalue weighted by atomic mass is 10.2. The van der Waals surface area contributed by atoms with Crippen LogP contribution in [0, 0.1) is 0 Å². The molecule has 0 spiro atoms. The van der Waals surface area contributed by atoms with E-state index in [-0.39, 0.29) is 6.03 Å². The monoisotopic (exact) mass is 345 g/mol. The molecule has 5 nitrogen and oxygen atoms in total. The van der Waals surface area contributed by atoms with Crippen LogP contribution in [0.5, 0.6) is 0 Å². The zero-order valence-corrected chi connectivity index (χ0v) is 13.5. The van der Waals surface area contributed by atoms with E-state index in [0.717, 1.165) is 11.3 Å². The molecule has 8 heteroatoms. The van der Waals surface area contributed by atoms with Gasteiger partial charge in [-0.15, -0.1) is 11.3 Å². The van der Waals surface area contributed by atoms with E-state index in [9.17, 15) is 4.79 Å². The average molecular weight is 346 g/mol. The fourth-order valence-corrected chi connectivity index (χ4v) is 2.56. The minimum Gasteiger partial charge on any atom is -0.378 e. The largest absolute Gasteiger partial charge is 0.378 e. The van der Waals surface area contributed by atoms with Gasteiger partial charge < -0.3 is 10.1 Å². The van der Waals surface area contributed by atoms with Crippen LogP contribution < -0.4 is 10.6 Å². The summed E-state index contributed by atoms with van der Waals surface area (Å²) in [6, 6.07) is 4.87. The summed E-state index contributed by atoms with van der Waals surface area (Å²) < 4.78 is 4.96. The molecule has 0 fully saturated rings. The van der Waals surface area contributed by atoms with Gasteiger partial charge in [-0.05, 0) is 17.7 Å². The molecule has 0 aliphatic rings. The lowest BCUT2D eigenvalue weighted by molar-refractivity contribution is 0.182. The summed E-state index contributed by atoms with van der Waals surface area (Å²) in [4.78, 5) is 16.0.